The molecule has 0 fully saturated rings. The van der Waals surface area contributed by atoms with E-state index in [-0.39, 0.29) is 10.8 Å². The molecule has 0 unspecified atom stereocenters. The van der Waals surface area contributed by atoms with Crippen LogP contribution in [-0.4, -0.2) is 15.0 Å². The number of nitrogens with zero attached hydrogens (tertiary/aromatic N) is 3. The van der Waals surface area contributed by atoms with Gasteiger partial charge in [-0.05, 0) is 47.7 Å². The van der Waals surface area contributed by atoms with Crippen LogP contribution in [0.4, 0.5) is 0 Å². The van der Waals surface area contributed by atoms with Crippen LogP contribution in [0, 0.1) is 0 Å². The minimum Gasteiger partial charge on any atom is -0.250 e. The number of pyridine rings is 1. The molecule has 36 heavy (non-hydrogen) atoms. The minimum atomic E-state index is -0.263. The third kappa shape index (κ3) is 2.77. The van der Waals surface area contributed by atoms with Crippen molar-refractivity contribution in [2.45, 2.75) is 38.5 Å². The first-order valence-corrected chi connectivity index (χ1v) is 12.6. The molecular weight excluding hydrogens is 438 g/mol. The van der Waals surface area contributed by atoms with E-state index >= 15 is 0 Å². The van der Waals surface area contributed by atoms with Crippen molar-refractivity contribution in [3.63, 3.8) is 0 Å². The average molecular weight is 466 g/mol. The van der Waals surface area contributed by atoms with Crippen LogP contribution in [0.2, 0.25) is 0 Å². The molecule has 174 valence electrons. The summed E-state index contributed by atoms with van der Waals surface area (Å²) in [5, 5.41) is 0. The van der Waals surface area contributed by atoms with Gasteiger partial charge >= 0.3 is 0 Å². The van der Waals surface area contributed by atoms with E-state index in [0.717, 1.165) is 34.0 Å². The van der Waals surface area contributed by atoms with Crippen molar-refractivity contribution in [1.29, 1.82) is 0 Å². The zero-order valence-corrected chi connectivity index (χ0v) is 21.0. The molecular formula is C33H27N3. The molecule has 5 aromatic rings. The van der Waals surface area contributed by atoms with Crippen LogP contribution in [0.25, 0.3) is 45.0 Å². The van der Waals surface area contributed by atoms with E-state index in [1.54, 1.807) is 0 Å². The first-order chi connectivity index (χ1) is 17.4. The lowest BCUT2D eigenvalue weighted by Gasteiger charge is -2.21. The fraction of sp³-hybridized carbons (Fsp3) is 0.182. The summed E-state index contributed by atoms with van der Waals surface area (Å²) in [4.78, 5) is 15.3. The molecule has 3 aromatic carbocycles. The molecule has 2 heterocycles. The molecule has 2 aliphatic rings. The molecule has 3 nitrogen and oxygen atoms in total. The molecule has 7 rings (SSSR count). The second-order valence-electron chi connectivity index (χ2n) is 10.9. The molecule has 3 heteroatoms. The lowest BCUT2D eigenvalue weighted by atomic mass is 9.82. The molecule has 2 aliphatic carbocycles. The number of hydrogen-bond donors (Lipinski definition) is 0. The van der Waals surface area contributed by atoms with Gasteiger partial charge in [-0.3, -0.25) is 4.98 Å². The predicted molar refractivity (Wildman–Crippen MR) is 146 cm³/mol. The van der Waals surface area contributed by atoms with E-state index in [0.29, 0.717) is 0 Å². The Morgan fingerprint density at radius 2 is 1.25 bits per heavy atom. The summed E-state index contributed by atoms with van der Waals surface area (Å²) in [5.74, 6) is 0. The van der Waals surface area contributed by atoms with Crippen LogP contribution in [0.1, 0.15) is 50.1 Å². The molecule has 0 saturated heterocycles. The van der Waals surface area contributed by atoms with Crippen LogP contribution in [0.5, 0.6) is 0 Å². The van der Waals surface area contributed by atoms with E-state index in [1.165, 1.54) is 33.4 Å². The van der Waals surface area contributed by atoms with Crippen LogP contribution < -0.4 is 0 Å². The smallest absolute Gasteiger partial charge is 0.111 e. The monoisotopic (exact) mass is 465 g/mol. The van der Waals surface area contributed by atoms with Crippen LogP contribution in [0.15, 0.2) is 91.1 Å². The highest BCUT2D eigenvalue weighted by Gasteiger charge is 2.41. The quantitative estimate of drug-likeness (QED) is 0.267. The van der Waals surface area contributed by atoms with Crippen LogP contribution >= 0.6 is 0 Å². The van der Waals surface area contributed by atoms with E-state index in [2.05, 4.69) is 94.4 Å². The molecule has 0 bridgehead atoms. The predicted octanol–water partition coefficient (Wildman–Crippen LogP) is 7.82. The third-order valence-electron chi connectivity index (χ3n) is 8.11. The Morgan fingerprint density at radius 1 is 0.528 bits per heavy atom. The zero-order valence-electron chi connectivity index (χ0n) is 21.0. The highest BCUT2D eigenvalue weighted by atomic mass is 14.9. The molecule has 0 atom stereocenters. The van der Waals surface area contributed by atoms with Crippen molar-refractivity contribution in [2.75, 3.05) is 0 Å². The van der Waals surface area contributed by atoms with Crippen molar-refractivity contribution in [1.82, 2.24) is 15.0 Å². The lowest BCUT2D eigenvalue weighted by molar-refractivity contribution is 0.635. The Hall–Kier alpha value is -4.11. The van der Waals surface area contributed by atoms with E-state index in [9.17, 15) is 0 Å². The summed E-state index contributed by atoms with van der Waals surface area (Å²) in [6, 6.07) is 30.1. The van der Waals surface area contributed by atoms with Crippen molar-refractivity contribution in [2.24, 2.45) is 0 Å². The number of fused-ring (bicyclic) bond motifs is 6. The minimum absolute atomic E-state index is 0.0351. The van der Waals surface area contributed by atoms with Gasteiger partial charge in [-0.15, -0.1) is 0 Å². The van der Waals surface area contributed by atoms with Gasteiger partial charge in [-0.25, -0.2) is 9.97 Å². The first-order valence-electron chi connectivity index (χ1n) is 12.6. The van der Waals surface area contributed by atoms with Gasteiger partial charge in [-0.1, -0.05) is 92.7 Å². The maximum atomic E-state index is 5.26. The third-order valence-corrected chi connectivity index (χ3v) is 8.11. The summed E-state index contributed by atoms with van der Waals surface area (Å²) in [6.07, 6.45) is 1.88. The molecule has 0 N–H and O–H groups in total. The van der Waals surface area contributed by atoms with Gasteiger partial charge in [0.05, 0.1) is 29.0 Å². The molecule has 0 spiro atoms. The summed E-state index contributed by atoms with van der Waals surface area (Å²) in [6.45, 7) is 9.08. The fourth-order valence-electron chi connectivity index (χ4n) is 6.14. The molecule has 0 aliphatic heterocycles. The fourth-order valence-corrected chi connectivity index (χ4v) is 6.14. The highest BCUT2D eigenvalue weighted by Crippen LogP contribution is 2.52. The highest BCUT2D eigenvalue weighted by molar-refractivity contribution is 5.92. The van der Waals surface area contributed by atoms with Gasteiger partial charge in [0, 0.05) is 22.0 Å². The number of aromatic nitrogens is 3. The zero-order chi connectivity index (χ0) is 24.7. The maximum Gasteiger partial charge on any atom is 0.111 e. The van der Waals surface area contributed by atoms with Gasteiger partial charge in [0.15, 0.2) is 0 Å². The summed E-state index contributed by atoms with van der Waals surface area (Å²) < 4.78 is 0. The number of rotatable bonds is 2. The molecule has 0 saturated carbocycles. The molecule has 0 amide bonds. The van der Waals surface area contributed by atoms with Crippen molar-refractivity contribution in [3.8, 4) is 45.0 Å². The number of benzene rings is 3. The van der Waals surface area contributed by atoms with Gasteiger partial charge in [0.25, 0.3) is 0 Å². The topological polar surface area (TPSA) is 38.7 Å². The summed E-state index contributed by atoms with van der Waals surface area (Å²) in [5.41, 5.74) is 13.2. The lowest BCUT2D eigenvalue weighted by Crippen LogP contribution is -2.17. The average Bonchev–Trinajstić information content (AvgIpc) is 3.28. The van der Waals surface area contributed by atoms with E-state index in [4.69, 9.17) is 15.0 Å². The van der Waals surface area contributed by atoms with E-state index < -0.39 is 0 Å². The van der Waals surface area contributed by atoms with E-state index in [1.807, 2.05) is 24.4 Å². The van der Waals surface area contributed by atoms with Crippen molar-refractivity contribution >= 4 is 0 Å². The second-order valence-corrected chi connectivity index (χ2v) is 10.9. The Kier molecular flexibility index (Phi) is 4.24. The van der Waals surface area contributed by atoms with Gasteiger partial charge < -0.3 is 0 Å². The second kappa shape index (κ2) is 7.20. The van der Waals surface area contributed by atoms with Crippen LogP contribution in [-0.2, 0) is 10.8 Å². The van der Waals surface area contributed by atoms with Gasteiger partial charge in [0.1, 0.15) is 5.69 Å². The largest absolute Gasteiger partial charge is 0.250 e. The Morgan fingerprint density at radius 3 is 2.08 bits per heavy atom. The Labute approximate surface area is 211 Å². The first kappa shape index (κ1) is 21.2. The summed E-state index contributed by atoms with van der Waals surface area (Å²) in [7, 11) is 0. The molecule has 0 radical (unpaired) electrons. The number of hydrogen-bond acceptors (Lipinski definition) is 3. The standard InChI is InChI=1S/C33H27N3/c1-32(2)23-15-9-8-13-21(23)28-22(14-10-16-24(28)32)26-18-17-25-29(35-26)30-31(33(25,3)4)36-27(19-34-30)20-11-6-5-7-12-20/h5-19H,1-4H3. The Bertz CT molecular complexity index is 1680. The van der Waals surface area contributed by atoms with Gasteiger partial charge in [0.2, 0.25) is 0 Å². The Balaban J connectivity index is 1.41. The molecule has 2 aromatic heterocycles. The van der Waals surface area contributed by atoms with Crippen molar-refractivity contribution in [3.05, 3.63) is 114 Å². The summed E-state index contributed by atoms with van der Waals surface area (Å²) >= 11 is 0. The van der Waals surface area contributed by atoms with Gasteiger partial charge in [-0.2, -0.15) is 0 Å². The SMILES string of the molecule is CC1(C)c2ccccc2-c2c(-c3ccc4c(n3)-c3ncc(-c5ccccc5)nc3C4(C)C)cccc21. The maximum absolute atomic E-state index is 5.26. The normalized spacial score (nSPS) is 15.7. The van der Waals surface area contributed by atoms with Crippen molar-refractivity contribution < 1.29 is 0 Å². The van der Waals surface area contributed by atoms with Crippen LogP contribution in [0.3, 0.4) is 0 Å².